The van der Waals surface area contributed by atoms with Crippen LogP contribution in [0.1, 0.15) is 13.8 Å². The minimum Gasteiger partial charge on any atom is -0.382 e. The summed E-state index contributed by atoms with van der Waals surface area (Å²) >= 11 is 0. The van der Waals surface area contributed by atoms with Gasteiger partial charge in [0.25, 0.3) is 0 Å². The molecule has 2 heteroatoms. The van der Waals surface area contributed by atoms with Crippen LogP contribution in [-0.2, 0) is 26.2 Å². The fraction of sp³-hybridized carbons (Fsp3) is 0.333. The van der Waals surface area contributed by atoms with E-state index in [1.165, 1.54) is 0 Å². The molecule has 1 nitrogen and oxygen atoms in total. The summed E-state index contributed by atoms with van der Waals surface area (Å²) < 4.78 is 0. The molecular weight excluding hydrogens is 213 g/mol. The summed E-state index contributed by atoms with van der Waals surface area (Å²) in [5.41, 5.74) is 1.07. The molecule has 1 rings (SSSR count). The van der Waals surface area contributed by atoms with E-state index in [0.29, 0.717) is 6.04 Å². The second-order valence-electron chi connectivity index (χ2n) is 2.58. The molecule has 0 atom stereocenters. The van der Waals surface area contributed by atoms with Gasteiger partial charge >= 0.3 is 0 Å². The van der Waals surface area contributed by atoms with Crippen molar-refractivity contribution in [2.75, 3.05) is 5.32 Å². The van der Waals surface area contributed by atoms with Crippen LogP contribution in [0.3, 0.4) is 0 Å². The zero-order valence-corrected chi connectivity index (χ0v) is 9.34. The van der Waals surface area contributed by atoms with E-state index >= 15 is 0 Å². The molecule has 0 aliphatic carbocycles. The Balaban J connectivity index is 0.000001000. The average molecular weight is 225 g/mol. The summed E-state index contributed by atoms with van der Waals surface area (Å²) in [6, 6.07) is 11.5. The molecule has 11 heavy (non-hydrogen) atoms. The van der Waals surface area contributed by atoms with E-state index in [9.17, 15) is 0 Å². The molecule has 0 amide bonds. The fourth-order valence-electron chi connectivity index (χ4n) is 0.794. The standard InChI is InChI=1S/C9H12N.Zr/c1-8(2)10-9-6-4-3-5-7-9;/h3-6,8,10H,1-2H3;. The molecule has 1 aromatic rings. The number of anilines is 1. The maximum Gasteiger partial charge on any atom is 0.0422 e. The SMILES string of the molecule is CC(C)Nc1[c]cccc1.[Zr]. The maximum absolute atomic E-state index is 3.25. The molecule has 0 bridgehead atoms. The number of hydrogen-bond donors (Lipinski definition) is 1. The van der Waals surface area contributed by atoms with Crippen LogP contribution in [0.25, 0.3) is 0 Å². The molecule has 1 N–H and O–H groups in total. The van der Waals surface area contributed by atoms with Crippen LogP contribution in [-0.4, -0.2) is 6.04 Å². The molecule has 57 valence electrons. The first-order valence-corrected chi connectivity index (χ1v) is 3.52. The van der Waals surface area contributed by atoms with E-state index in [1.54, 1.807) is 0 Å². The Morgan fingerprint density at radius 1 is 1.36 bits per heavy atom. The molecule has 0 unspecified atom stereocenters. The van der Waals surface area contributed by atoms with Crippen molar-refractivity contribution in [3.8, 4) is 0 Å². The summed E-state index contributed by atoms with van der Waals surface area (Å²) in [5.74, 6) is 0. The van der Waals surface area contributed by atoms with E-state index in [1.807, 2.05) is 24.3 Å². The predicted molar refractivity (Wildman–Crippen MR) is 44.0 cm³/mol. The second-order valence-corrected chi connectivity index (χ2v) is 2.58. The predicted octanol–water partition coefficient (Wildman–Crippen LogP) is 2.30. The number of nitrogens with one attached hydrogen (secondary N) is 1. The van der Waals surface area contributed by atoms with Crippen molar-refractivity contribution in [1.82, 2.24) is 0 Å². The minimum atomic E-state index is 0. The van der Waals surface area contributed by atoms with E-state index in [4.69, 9.17) is 0 Å². The van der Waals surface area contributed by atoms with Gasteiger partial charge in [0.05, 0.1) is 0 Å². The Morgan fingerprint density at radius 2 is 2.09 bits per heavy atom. The third-order valence-corrected chi connectivity index (χ3v) is 1.15. The van der Waals surface area contributed by atoms with Crippen molar-refractivity contribution in [2.45, 2.75) is 19.9 Å². The molecular formula is C9H12NZr. The van der Waals surface area contributed by atoms with Gasteiger partial charge in [0.2, 0.25) is 0 Å². The third-order valence-electron chi connectivity index (χ3n) is 1.15. The Hall–Kier alpha value is -0.0969. The van der Waals surface area contributed by atoms with Crippen LogP contribution < -0.4 is 5.32 Å². The van der Waals surface area contributed by atoms with Crippen LogP contribution in [0.5, 0.6) is 0 Å². The number of rotatable bonds is 2. The van der Waals surface area contributed by atoms with Gasteiger partial charge < -0.3 is 5.32 Å². The Morgan fingerprint density at radius 3 is 2.55 bits per heavy atom. The van der Waals surface area contributed by atoms with Crippen LogP contribution in [0, 0.1) is 6.07 Å². The van der Waals surface area contributed by atoms with Crippen molar-refractivity contribution in [1.29, 1.82) is 0 Å². The van der Waals surface area contributed by atoms with Crippen LogP contribution in [0.15, 0.2) is 24.3 Å². The molecule has 0 aromatic heterocycles. The van der Waals surface area contributed by atoms with Gasteiger partial charge in [0.1, 0.15) is 0 Å². The Bertz CT molecular complexity index is 184. The van der Waals surface area contributed by atoms with Crippen molar-refractivity contribution >= 4 is 5.69 Å². The molecule has 0 saturated carbocycles. The number of benzene rings is 1. The molecule has 0 aliphatic rings. The fourth-order valence-corrected chi connectivity index (χ4v) is 0.794. The van der Waals surface area contributed by atoms with E-state index in [-0.39, 0.29) is 26.2 Å². The molecule has 0 spiro atoms. The van der Waals surface area contributed by atoms with Gasteiger partial charge in [-0.3, -0.25) is 0 Å². The molecule has 0 aliphatic heterocycles. The van der Waals surface area contributed by atoms with Crippen LogP contribution in [0.2, 0.25) is 0 Å². The first-order valence-electron chi connectivity index (χ1n) is 3.52. The van der Waals surface area contributed by atoms with Gasteiger partial charge in [-0.2, -0.15) is 0 Å². The maximum atomic E-state index is 3.25. The molecule has 0 saturated heterocycles. The van der Waals surface area contributed by atoms with Crippen molar-refractivity contribution in [3.63, 3.8) is 0 Å². The molecule has 0 heterocycles. The normalized spacial score (nSPS) is 9.00. The largest absolute Gasteiger partial charge is 0.382 e. The summed E-state index contributed by atoms with van der Waals surface area (Å²) in [4.78, 5) is 0. The monoisotopic (exact) mass is 224 g/mol. The second kappa shape index (κ2) is 5.54. The van der Waals surface area contributed by atoms with E-state index in [0.717, 1.165) is 5.69 Å². The summed E-state index contributed by atoms with van der Waals surface area (Å²) in [6.07, 6.45) is 0. The Labute approximate surface area is 87.3 Å². The zero-order chi connectivity index (χ0) is 7.40. The zero-order valence-electron chi connectivity index (χ0n) is 6.89. The number of hydrogen-bond acceptors (Lipinski definition) is 1. The van der Waals surface area contributed by atoms with Crippen molar-refractivity contribution < 1.29 is 26.2 Å². The van der Waals surface area contributed by atoms with Gasteiger partial charge in [-0.1, -0.05) is 18.2 Å². The van der Waals surface area contributed by atoms with Crippen LogP contribution >= 0.6 is 0 Å². The molecule has 1 radical (unpaired) electrons. The van der Waals surface area contributed by atoms with Crippen molar-refractivity contribution in [3.05, 3.63) is 30.3 Å². The van der Waals surface area contributed by atoms with Gasteiger partial charge in [-0.15, -0.1) is 0 Å². The van der Waals surface area contributed by atoms with Crippen molar-refractivity contribution in [2.24, 2.45) is 0 Å². The minimum absolute atomic E-state index is 0. The van der Waals surface area contributed by atoms with Gasteiger partial charge in [0, 0.05) is 44.0 Å². The van der Waals surface area contributed by atoms with E-state index in [2.05, 4.69) is 25.2 Å². The first-order chi connectivity index (χ1) is 4.79. The quantitative estimate of drug-likeness (QED) is 0.814. The van der Waals surface area contributed by atoms with E-state index < -0.39 is 0 Å². The molecule has 0 fully saturated rings. The van der Waals surface area contributed by atoms with Crippen LogP contribution in [0.4, 0.5) is 5.69 Å². The Kier molecular flexibility index (Phi) is 5.49. The summed E-state index contributed by atoms with van der Waals surface area (Å²) in [7, 11) is 0. The number of para-hydroxylation sites is 1. The average Bonchev–Trinajstić information content (AvgIpc) is 1.88. The van der Waals surface area contributed by atoms with Gasteiger partial charge in [0.15, 0.2) is 0 Å². The topological polar surface area (TPSA) is 12.0 Å². The smallest absolute Gasteiger partial charge is 0.0422 e. The third kappa shape index (κ3) is 4.37. The van der Waals surface area contributed by atoms with Gasteiger partial charge in [-0.25, -0.2) is 0 Å². The van der Waals surface area contributed by atoms with Gasteiger partial charge in [-0.05, 0) is 19.9 Å². The summed E-state index contributed by atoms with van der Waals surface area (Å²) in [5, 5.41) is 3.25. The molecule has 1 aromatic carbocycles. The summed E-state index contributed by atoms with van der Waals surface area (Å²) in [6.45, 7) is 4.22. The first kappa shape index (κ1) is 10.9.